The van der Waals surface area contributed by atoms with Crippen molar-refractivity contribution in [1.29, 1.82) is 0 Å². The highest BCUT2D eigenvalue weighted by Crippen LogP contribution is 2.30. The van der Waals surface area contributed by atoms with Gasteiger partial charge in [-0.3, -0.25) is 0 Å². The largest absolute Gasteiger partial charge is 0.494 e. The molecule has 29 heavy (non-hydrogen) atoms. The van der Waals surface area contributed by atoms with E-state index in [-0.39, 0.29) is 10.9 Å². The van der Waals surface area contributed by atoms with E-state index in [9.17, 15) is 8.42 Å². The van der Waals surface area contributed by atoms with Crippen molar-refractivity contribution < 1.29 is 13.2 Å². The maximum absolute atomic E-state index is 12.8. The zero-order valence-corrected chi connectivity index (χ0v) is 18.5. The number of rotatable bonds is 8. The van der Waals surface area contributed by atoms with Crippen LogP contribution in [0.25, 0.3) is 0 Å². The van der Waals surface area contributed by atoms with E-state index in [0.717, 1.165) is 24.9 Å². The minimum Gasteiger partial charge on any atom is -0.494 e. The second-order valence-corrected chi connectivity index (χ2v) is 9.42. The van der Waals surface area contributed by atoms with Gasteiger partial charge in [0.2, 0.25) is 10.0 Å². The van der Waals surface area contributed by atoms with Gasteiger partial charge in [-0.15, -0.1) is 0 Å². The average Bonchev–Trinajstić information content (AvgIpc) is 2.68. The van der Waals surface area contributed by atoms with Crippen molar-refractivity contribution in [3.05, 3.63) is 53.6 Å². The van der Waals surface area contributed by atoms with Gasteiger partial charge in [-0.25, -0.2) is 13.1 Å². The summed E-state index contributed by atoms with van der Waals surface area (Å²) in [5.74, 6) is 0.664. The van der Waals surface area contributed by atoms with E-state index >= 15 is 0 Å². The Morgan fingerprint density at radius 3 is 2.55 bits per heavy atom. The number of likely N-dealkylation sites (N-methyl/N-ethyl adjacent to an activating group) is 1. The van der Waals surface area contributed by atoms with Crippen LogP contribution in [0.4, 0.5) is 5.69 Å². The van der Waals surface area contributed by atoms with Crippen LogP contribution in [0, 0.1) is 0 Å². The number of sulfonamides is 1. The summed E-state index contributed by atoms with van der Waals surface area (Å²) in [5, 5.41) is 0. The molecule has 0 bridgehead atoms. The van der Waals surface area contributed by atoms with Crippen LogP contribution in [0.5, 0.6) is 5.75 Å². The minimum absolute atomic E-state index is 0.0509. The van der Waals surface area contributed by atoms with Crippen LogP contribution in [-0.2, 0) is 16.4 Å². The molecule has 0 spiro atoms. The third-order valence-electron chi connectivity index (χ3n) is 5.37. The van der Waals surface area contributed by atoms with Crippen molar-refractivity contribution in [2.24, 2.45) is 0 Å². The molecule has 1 atom stereocenters. The first-order valence-electron chi connectivity index (χ1n) is 10.0. The lowest BCUT2D eigenvalue weighted by molar-refractivity contribution is 0.299. The predicted octanol–water partition coefficient (Wildman–Crippen LogP) is 3.05. The topological polar surface area (TPSA) is 61.9 Å². The molecule has 0 unspecified atom stereocenters. The lowest BCUT2D eigenvalue weighted by Crippen LogP contribution is -2.34. The van der Waals surface area contributed by atoms with Crippen LogP contribution in [0.2, 0.25) is 0 Å². The molecule has 2 aromatic rings. The Hall–Kier alpha value is -2.09. The van der Waals surface area contributed by atoms with Gasteiger partial charge in [-0.2, -0.15) is 0 Å². The molecule has 3 rings (SSSR count). The summed E-state index contributed by atoms with van der Waals surface area (Å²) in [7, 11) is 2.47. The van der Waals surface area contributed by atoms with E-state index in [4.69, 9.17) is 4.74 Å². The van der Waals surface area contributed by atoms with Gasteiger partial charge in [-0.05, 0) is 75.3 Å². The number of nitrogens with zero attached hydrogens (tertiary/aromatic N) is 2. The van der Waals surface area contributed by atoms with Gasteiger partial charge in [-0.1, -0.05) is 12.1 Å². The molecule has 0 aromatic heterocycles. The smallest absolute Gasteiger partial charge is 0.240 e. The molecule has 0 aliphatic carbocycles. The number of anilines is 1. The van der Waals surface area contributed by atoms with Crippen LogP contribution in [0.15, 0.2) is 47.4 Å². The molecule has 1 aliphatic rings. The van der Waals surface area contributed by atoms with E-state index in [0.29, 0.717) is 18.9 Å². The zero-order chi connectivity index (χ0) is 21.0. The fourth-order valence-corrected chi connectivity index (χ4v) is 4.80. The van der Waals surface area contributed by atoms with Gasteiger partial charge in [0.25, 0.3) is 0 Å². The molecule has 0 fully saturated rings. The second kappa shape index (κ2) is 9.15. The number of fused-ring (bicyclic) bond motifs is 1. The Bertz CT molecular complexity index is 927. The highest BCUT2D eigenvalue weighted by atomic mass is 32.2. The number of hydrogen-bond donors (Lipinski definition) is 1. The summed E-state index contributed by atoms with van der Waals surface area (Å²) in [6.07, 6.45) is 2.20. The van der Waals surface area contributed by atoms with Gasteiger partial charge < -0.3 is 14.5 Å². The Kier molecular flexibility index (Phi) is 6.82. The molecule has 1 N–H and O–H groups in total. The van der Waals surface area contributed by atoms with E-state index in [1.165, 1.54) is 11.3 Å². The van der Waals surface area contributed by atoms with Gasteiger partial charge in [0.15, 0.2) is 0 Å². The maximum Gasteiger partial charge on any atom is 0.240 e. The molecule has 158 valence electrons. The van der Waals surface area contributed by atoms with E-state index < -0.39 is 10.0 Å². The third-order valence-corrected chi connectivity index (χ3v) is 6.81. The van der Waals surface area contributed by atoms with Gasteiger partial charge >= 0.3 is 0 Å². The molecule has 0 saturated carbocycles. The van der Waals surface area contributed by atoms with E-state index in [1.54, 1.807) is 24.3 Å². The number of benzene rings is 2. The first-order chi connectivity index (χ1) is 13.8. The van der Waals surface area contributed by atoms with Crippen LogP contribution < -0.4 is 14.4 Å². The fraction of sp³-hybridized carbons (Fsp3) is 0.455. The standard InChI is InChI=1S/C22H31N3O3S/c1-5-28-19-9-11-20(12-10-19)29(26,27)23-16-22(24(2)3)18-8-13-21-17(15-18)7-6-14-25(21)4/h8-13,15,22-23H,5-7,14,16H2,1-4H3/t22-/m0/s1. The lowest BCUT2D eigenvalue weighted by Gasteiger charge is -2.30. The Labute approximate surface area is 174 Å². The Balaban J connectivity index is 1.75. The molecule has 0 radical (unpaired) electrons. The van der Waals surface area contributed by atoms with Crippen LogP contribution >= 0.6 is 0 Å². The summed E-state index contributed by atoms with van der Waals surface area (Å²) in [4.78, 5) is 4.57. The summed E-state index contributed by atoms with van der Waals surface area (Å²) < 4.78 is 33.7. The quantitative estimate of drug-likeness (QED) is 0.715. The SMILES string of the molecule is CCOc1ccc(S(=O)(=O)NC[C@@H](c2ccc3c(c2)CCCN3C)N(C)C)cc1. The normalized spacial score (nSPS) is 15.3. The van der Waals surface area contributed by atoms with Crippen molar-refractivity contribution in [2.75, 3.05) is 45.7 Å². The van der Waals surface area contributed by atoms with Crippen molar-refractivity contribution in [3.63, 3.8) is 0 Å². The van der Waals surface area contributed by atoms with Crippen LogP contribution in [-0.4, -0.2) is 54.2 Å². The highest BCUT2D eigenvalue weighted by molar-refractivity contribution is 7.89. The maximum atomic E-state index is 12.8. The monoisotopic (exact) mass is 417 g/mol. The van der Waals surface area contributed by atoms with Gasteiger partial charge in [0.05, 0.1) is 11.5 Å². The molecule has 2 aromatic carbocycles. The predicted molar refractivity (Wildman–Crippen MR) is 117 cm³/mol. The first-order valence-corrected chi connectivity index (χ1v) is 11.5. The summed E-state index contributed by atoms with van der Waals surface area (Å²) in [5.41, 5.74) is 3.73. The van der Waals surface area contributed by atoms with Gasteiger partial charge in [0, 0.05) is 31.9 Å². The Morgan fingerprint density at radius 2 is 1.90 bits per heavy atom. The van der Waals surface area contributed by atoms with Crippen LogP contribution in [0.1, 0.15) is 30.5 Å². The molecular weight excluding hydrogens is 386 g/mol. The lowest BCUT2D eigenvalue weighted by atomic mass is 9.96. The number of nitrogens with one attached hydrogen (secondary N) is 1. The number of hydrogen-bond acceptors (Lipinski definition) is 5. The van der Waals surface area contributed by atoms with E-state index in [1.807, 2.05) is 21.0 Å². The average molecular weight is 418 g/mol. The van der Waals surface area contributed by atoms with E-state index in [2.05, 4.69) is 39.8 Å². The summed E-state index contributed by atoms with van der Waals surface area (Å²) in [6.45, 7) is 3.82. The third kappa shape index (κ3) is 5.10. The van der Waals surface area contributed by atoms with Crippen molar-refractivity contribution >= 4 is 15.7 Å². The van der Waals surface area contributed by atoms with Crippen molar-refractivity contribution in [1.82, 2.24) is 9.62 Å². The molecular formula is C22H31N3O3S. The second-order valence-electron chi connectivity index (χ2n) is 7.65. The zero-order valence-electron chi connectivity index (χ0n) is 17.7. The van der Waals surface area contributed by atoms with Gasteiger partial charge in [0.1, 0.15) is 5.75 Å². The number of aryl methyl sites for hydroxylation is 1. The first kappa shape index (κ1) is 21.6. The Morgan fingerprint density at radius 1 is 1.17 bits per heavy atom. The van der Waals surface area contributed by atoms with Crippen molar-refractivity contribution in [3.8, 4) is 5.75 Å². The van der Waals surface area contributed by atoms with Crippen molar-refractivity contribution in [2.45, 2.75) is 30.7 Å². The molecule has 0 amide bonds. The molecule has 0 saturated heterocycles. The minimum atomic E-state index is -3.60. The fourth-order valence-electron chi connectivity index (χ4n) is 3.76. The molecule has 6 nitrogen and oxygen atoms in total. The molecule has 1 heterocycles. The molecule has 1 aliphatic heterocycles. The number of ether oxygens (including phenoxy) is 1. The summed E-state index contributed by atoms with van der Waals surface area (Å²) in [6, 6.07) is 13.0. The summed E-state index contributed by atoms with van der Waals surface area (Å²) >= 11 is 0. The highest BCUT2D eigenvalue weighted by Gasteiger charge is 2.22. The molecule has 7 heteroatoms. The van der Waals surface area contributed by atoms with Crippen LogP contribution in [0.3, 0.4) is 0 Å².